The van der Waals surface area contributed by atoms with Crippen molar-refractivity contribution in [2.45, 2.75) is 62.7 Å². The van der Waals surface area contributed by atoms with Crippen LogP contribution in [0.25, 0.3) is 11.3 Å². The van der Waals surface area contributed by atoms with Crippen LogP contribution < -0.4 is 9.80 Å². The zero-order valence-corrected chi connectivity index (χ0v) is 35.5. The summed E-state index contributed by atoms with van der Waals surface area (Å²) in [5.41, 5.74) is 3.17. The molecule has 9 rings (SSSR count). The fraction of sp³-hybridized carbons (Fsp3) is 0.364. The van der Waals surface area contributed by atoms with Gasteiger partial charge in [0.05, 0.1) is 12.1 Å². The highest BCUT2D eigenvalue weighted by molar-refractivity contribution is 6.69. The van der Waals surface area contributed by atoms with Crippen LogP contribution in [-0.2, 0) is 0 Å². The third-order valence-corrected chi connectivity index (χ3v) is 12.1. The van der Waals surface area contributed by atoms with Crippen LogP contribution in [-0.4, -0.2) is 103 Å². The zero-order valence-electron chi connectivity index (χ0n) is 33.2. The topological polar surface area (TPSA) is 171 Å². The molecule has 17 heteroatoms. The number of nitriles is 2. The predicted molar refractivity (Wildman–Crippen MR) is 235 cm³/mol. The third kappa shape index (κ3) is 10.4. The number of anilines is 2. The summed E-state index contributed by atoms with van der Waals surface area (Å²) in [6.07, 6.45) is 18.8. The van der Waals surface area contributed by atoms with Crippen LogP contribution >= 0.6 is 34.8 Å². The largest absolute Gasteiger partial charge is 0.410 e. The minimum Gasteiger partial charge on any atom is -0.410 e. The van der Waals surface area contributed by atoms with E-state index in [1.807, 2.05) is 30.3 Å². The highest BCUT2D eigenvalue weighted by Crippen LogP contribution is 2.38. The Morgan fingerprint density at radius 1 is 0.754 bits per heavy atom. The number of halogens is 3. The fourth-order valence-corrected chi connectivity index (χ4v) is 9.05. The molecule has 5 aromatic rings. The van der Waals surface area contributed by atoms with Crippen LogP contribution in [0.2, 0.25) is 10.0 Å². The maximum absolute atomic E-state index is 9.37. The van der Waals surface area contributed by atoms with Crippen LogP contribution in [0.1, 0.15) is 67.3 Å². The van der Waals surface area contributed by atoms with E-state index < -0.39 is 0 Å². The minimum absolute atomic E-state index is 0.0347. The Morgan fingerprint density at radius 3 is 1.95 bits per heavy atom. The second-order valence-electron chi connectivity index (χ2n) is 14.9. The number of fused-ring (bicyclic) bond motifs is 2. The molecular weight excluding hydrogens is 835 g/mol. The lowest BCUT2D eigenvalue weighted by atomic mass is 9.91. The molecular formula is C44H43Cl3N12O2. The molecule has 1 N–H and O–H groups in total. The monoisotopic (exact) mass is 876 g/mol. The summed E-state index contributed by atoms with van der Waals surface area (Å²) in [7, 11) is 0. The zero-order chi connectivity index (χ0) is 42.7. The highest BCUT2D eigenvalue weighted by atomic mass is 35.5. The van der Waals surface area contributed by atoms with Gasteiger partial charge < -0.3 is 19.5 Å². The number of hydrogen-bond donors (Lipinski definition) is 1. The normalized spacial score (nSPS) is 21.5. The van der Waals surface area contributed by atoms with E-state index in [-0.39, 0.29) is 17.3 Å². The van der Waals surface area contributed by atoms with Gasteiger partial charge in [-0.2, -0.15) is 10.5 Å². The molecule has 4 atom stereocenters. The SMILES string of the molecule is C#C[C@H]1CCC[C@H]2CN(c3nccnc3C#N)CCN21.N#Cc1nccnc1N1CCN2[C@@H](CCC[C@@H]2c2cc(-c3cccc(Cl)c3)no2)C1.O/N=C(\Cl)c1cccc(Cl)c1. The summed E-state index contributed by atoms with van der Waals surface area (Å²) < 4.78 is 5.78. The lowest BCUT2D eigenvalue weighted by Gasteiger charge is -2.47. The van der Waals surface area contributed by atoms with E-state index >= 15 is 0 Å². The highest BCUT2D eigenvalue weighted by Gasteiger charge is 2.39. The summed E-state index contributed by atoms with van der Waals surface area (Å²) in [5.74, 6) is 5.20. The molecule has 7 heterocycles. The van der Waals surface area contributed by atoms with Crippen molar-refractivity contribution >= 4 is 51.6 Å². The van der Waals surface area contributed by atoms with E-state index in [9.17, 15) is 5.26 Å². The number of piperidine rings is 2. The number of oxime groups is 1. The van der Waals surface area contributed by atoms with Gasteiger partial charge in [0, 0.05) is 103 Å². The van der Waals surface area contributed by atoms with Gasteiger partial charge in [0.1, 0.15) is 17.8 Å². The molecule has 2 aromatic carbocycles. The molecule has 4 aliphatic rings. The molecule has 312 valence electrons. The van der Waals surface area contributed by atoms with E-state index in [0.717, 1.165) is 88.4 Å². The van der Waals surface area contributed by atoms with Gasteiger partial charge >= 0.3 is 0 Å². The second-order valence-corrected chi connectivity index (χ2v) is 16.2. The Hall–Kier alpha value is -5.79. The quantitative estimate of drug-likeness (QED) is 0.0786. The number of hydrogen-bond acceptors (Lipinski definition) is 14. The van der Waals surface area contributed by atoms with Gasteiger partial charge in [-0.1, -0.05) is 75.3 Å². The lowest BCUT2D eigenvalue weighted by Crippen LogP contribution is -2.58. The molecule has 61 heavy (non-hydrogen) atoms. The number of aromatic nitrogens is 5. The van der Waals surface area contributed by atoms with Gasteiger partial charge in [0.25, 0.3) is 0 Å². The van der Waals surface area contributed by atoms with Crippen molar-refractivity contribution < 1.29 is 9.73 Å². The Labute approximate surface area is 370 Å². The molecule has 0 unspecified atom stereocenters. The third-order valence-electron chi connectivity index (χ3n) is 11.4. The number of piperazine rings is 2. The number of terminal acetylenes is 1. The van der Waals surface area contributed by atoms with Crippen LogP contribution in [0.4, 0.5) is 11.6 Å². The first-order chi connectivity index (χ1) is 29.8. The fourth-order valence-electron chi connectivity index (χ4n) is 8.55. The molecule has 0 saturated carbocycles. The first-order valence-corrected chi connectivity index (χ1v) is 21.2. The molecule has 4 fully saturated rings. The Balaban J connectivity index is 0.000000155. The average molecular weight is 878 g/mol. The minimum atomic E-state index is 0.0347. The van der Waals surface area contributed by atoms with Crippen molar-refractivity contribution in [1.82, 2.24) is 34.9 Å². The smallest absolute Gasteiger partial charge is 0.183 e. The molecule has 0 aliphatic carbocycles. The predicted octanol–water partition coefficient (Wildman–Crippen LogP) is 7.81. The lowest BCUT2D eigenvalue weighted by molar-refractivity contribution is 0.0558. The van der Waals surface area contributed by atoms with E-state index in [1.165, 1.54) is 6.42 Å². The standard InChI is InChI=1S/C22H21ClN6O.C15H17N5.C7H5Cl2NO/c23-16-4-1-3-15(11-16)18-12-21(30-27-18)20-6-2-5-17-14-28(9-10-29(17)20)22-19(13-24)25-7-8-26-22;1-2-12-4-3-5-13-11-19(8-9-20(12)13)15-14(10-16)17-6-7-18-15;8-6-3-1-2-5(4-6)7(9)10-11/h1,3-4,7-8,11-12,17,20H,2,5-6,9-10,14H2;1,6-7,12-13H,3-5,8-9,11H2;1-4,11H/b;;10-7-/t17-,20+;12-,13-;/m00./s1. The molecule has 4 saturated heterocycles. The van der Waals surface area contributed by atoms with E-state index in [4.69, 9.17) is 56.2 Å². The summed E-state index contributed by atoms with van der Waals surface area (Å²) in [4.78, 5) is 26.3. The van der Waals surface area contributed by atoms with Crippen molar-refractivity contribution in [1.29, 1.82) is 10.5 Å². The molecule has 0 radical (unpaired) electrons. The van der Waals surface area contributed by atoms with Crippen molar-refractivity contribution in [2.24, 2.45) is 5.16 Å². The maximum Gasteiger partial charge on any atom is 0.183 e. The van der Waals surface area contributed by atoms with Crippen LogP contribution in [0, 0.1) is 35.0 Å². The molecule has 0 spiro atoms. The van der Waals surface area contributed by atoms with Crippen LogP contribution in [0.15, 0.2) is 89.1 Å². The first-order valence-electron chi connectivity index (χ1n) is 20.1. The van der Waals surface area contributed by atoms with E-state index in [1.54, 1.807) is 49.1 Å². The number of nitrogens with zero attached hydrogens (tertiary/aromatic N) is 12. The van der Waals surface area contributed by atoms with Gasteiger partial charge in [0.15, 0.2) is 34.0 Å². The molecule has 3 aromatic heterocycles. The summed E-state index contributed by atoms with van der Waals surface area (Å²) in [6, 6.07) is 22.1. The van der Waals surface area contributed by atoms with E-state index in [2.05, 4.69) is 67.9 Å². The molecule has 0 amide bonds. The van der Waals surface area contributed by atoms with Gasteiger partial charge in [0.2, 0.25) is 0 Å². The average Bonchev–Trinajstić information content (AvgIpc) is 3.81. The second kappa shape index (κ2) is 20.7. The van der Waals surface area contributed by atoms with Gasteiger partial charge in [-0.3, -0.25) is 9.80 Å². The first kappa shape index (κ1) is 43.3. The van der Waals surface area contributed by atoms with Crippen LogP contribution in [0.3, 0.4) is 0 Å². The Bertz CT molecular complexity index is 2440. The summed E-state index contributed by atoms with van der Waals surface area (Å²) in [6.45, 7) is 5.17. The Morgan fingerprint density at radius 2 is 1.34 bits per heavy atom. The molecule has 0 bridgehead atoms. The van der Waals surface area contributed by atoms with Crippen molar-refractivity contribution in [3.63, 3.8) is 0 Å². The number of rotatable bonds is 5. The van der Waals surface area contributed by atoms with Gasteiger partial charge in [-0.25, -0.2) is 19.9 Å². The van der Waals surface area contributed by atoms with Crippen LogP contribution in [0.5, 0.6) is 0 Å². The summed E-state index contributed by atoms with van der Waals surface area (Å²) >= 11 is 17.3. The Kier molecular flexibility index (Phi) is 14.7. The summed E-state index contributed by atoms with van der Waals surface area (Å²) in [5, 5.41) is 35.2. The van der Waals surface area contributed by atoms with Crippen molar-refractivity contribution in [3.05, 3.63) is 112 Å². The van der Waals surface area contributed by atoms with E-state index in [0.29, 0.717) is 50.7 Å². The molecule has 14 nitrogen and oxygen atoms in total. The van der Waals surface area contributed by atoms with Crippen molar-refractivity contribution in [2.75, 3.05) is 49.1 Å². The van der Waals surface area contributed by atoms with Gasteiger partial charge in [-0.05, 0) is 62.8 Å². The van der Waals surface area contributed by atoms with Gasteiger partial charge in [-0.15, -0.1) is 6.42 Å². The molecule has 4 aliphatic heterocycles. The van der Waals surface area contributed by atoms with Crippen molar-refractivity contribution in [3.8, 4) is 35.7 Å². The number of benzene rings is 2. The maximum atomic E-state index is 9.37.